The van der Waals surface area contributed by atoms with Crippen molar-refractivity contribution in [3.63, 3.8) is 0 Å². The number of likely N-dealkylation sites (N-methyl/N-ethyl adjacent to an activating group) is 1. The van der Waals surface area contributed by atoms with Crippen LogP contribution >= 0.6 is 15.9 Å². The lowest BCUT2D eigenvalue weighted by Crippen LogP contribution is -2.50. The molecule has 3 aromatic carbocycles. The molecule has 1 N–H and O–H groups in total. The van der Waals surface area contributed by atoms with Crippen LogP contribution in [0.3, 0.4) is 0 Å². The van der Waals surface area contributed by atoms with Gasteiger partial charge in [-0.1, -0.05) is 88.2 Å². The molecular weight excluding hydrogens is 452 g/mol. The lowest BCUT2D eigenvalue weighted by atomic mass is 10.0. The normalized spacial score (nSPS) is 11.6. The Labute approximate surface area is 192 Å². The molecule has 1 atom stereocenters. The predicted molar refractivity (Wildman–Crippen MR) is 128 cm³/mol. The van der Waals surface area contributed by atoms with Gasteiger partial charge in [0.2, 0.25) is 11.8 Å². The summed E-state index contributed by atoms with van der Waals surface area (Å²) in [6.45, 7) is 2.37. The van der Waals surface area contributed by atoms with E-state index in [1.165, 1.54) is 0 Å². The quantitative estimate of drug-likeness (QED) is 0.510. The van der Waals surface area contributed by atoms with Crippen molar-refractivity contribution in [2.45, 2.75) is 32.4 Å². The molecule has 0 radical (unpaired) electrons. The van der Waals surface area contributed by atoms with Gasteiger partial charge >= 0.3 is 0 Å². The molecule has 0 fully saturated rings. The SMILES string of the molecule is CNC(=O)[C@H](Cc1ccccc1)N(Cc1ccc(Br)cc1)C(=O)Cc1cccc(C)c1. The zero-order valence-electron chi connectivity index (χ0n) is 17.8. The number of hydrogen-bond donors (Lipinski definition) is 1. The molecule has 31 heavy (non-hydrogen) atoms. The van der Waals surface area contributed by atoms with Crippen LogP contribution in [0, 0.1) is 6.92 Å². The van der Waals surface area contributed by atoms with Gasteiger partial charge in [0.25, 0.3) is 0 Å². The Hall–Kier alpha value is -2.92. The van der Waals surface area contributed by atoms with Crippen LogP contribution in [0.25, 0.3) is 0 Å². The second kappa shape index (κ2) is 10.9. The second-order valence-electron chi connectivity index (χ2n) is 7.63. The summed E-state index contributed by atoms with van der Waals surface area (Å²) in [5, 5.41) is 2.75. The maximum atomic E-state index is 13.5. The van der Waals surface area contributed by atoms with E-state index in [1.54, 1.807) is 11.9 Å². The number of carbonyl (C=O) groups excluding carboxylic acids is 2. The molecule has 3 rings (SSSR count). The van der Waals surface area contributed by atoms with E-state index in [9.17, 15) is 9.59 Å². The van der Waals surface area contributed by atoms with E-state index in [1.807, 2.05) is 85.8 Å². The van der Waals surface area contributed by atoms with Gasteiger partial charge in [-0.2, -0.15) is 0 Å². The van der Waals surface area contributed by atoms with E-state index >= 15 is 0 Å². The van der Waals surface area contributed by atoms with Crippen LogP contribution in [0.4, 0.5) is 0 Å². The maximum Gasteiger partial charge on any atom is 0.242 e. The van der Waals surface area contributed by atoms with E-state index in [-0.39, 0.29) is 18.2 Å². The number of hydrogen-bond acceptors (Lipinski definition) is 2. The van der Waals surface area contributed by atoms with Crippen LogP contribution in [-0.4, -0.2) is 29.8 Å². The molecule has 160 valence electrons. The number of nitrogens with zero attached hydrogens (tertiary/aromatic N) is 1. The molecule has 0 heterocycles. The second-order valence-corrected chi connectivity index (χ2v) is 8.55. The minimum atomic E-state index is -0.603. The Morgan fingerprint density at radius 3 is 2.23 bits per heavy atom. The van der Waals surface area contributed by atoms with Gasteiger partial charge in [0, 0.05) is 24.5 Å². The molecule has 0 aliphatic carbocycles. The number of rotatable bonds is 8. The fraction of sp³-hybridized carbons (Fsp3) is 0.231. The van der Waals surface area contributed by atoms with Crippen molar-refractivity contribution in [3.8, 4) is 0 Å². The predicted octanol–water partition coefficient (Wildman–Crippen LogP) is 4.69. The molecule has 5 heteroatoms. The Morgan fingerprint density at radius 1 is 0.903 bits per heavy atom. The highest BCUT2D eigenvalue weighted by atomic mass is 79.9. The third-order valence-corrected chi connectivity index (χ3v) is 5.75. The van der Waals surface area contributed by atoms with Crippen LogP contribution in [0.2, 0.25) is 0 Å². The Morgan fingerprint density at radius 2 is 1.58 bits per heavy atom. The van der Waals surface area contributed by atoms with Gasteiger partial charge in [-0.25, -0.2) is 0 Å². The van der Waals surface area contributed by atoms with Crippen LogP contribution in [0.1, 0.15) is 22.3 Å². The highest BCUT2D eigenvalue weighted by Crippen LogP contribution is 2.18. The van der Waals surface area contributed by atoms with Gasteiger partial charge < -0.3 is 10.2 Å². The van der Waals surface area contributed by atoms with E-state index in [0.717, 1.165) is 26.7 Å². The first kappa shape index (κ1) is 22.8. The molecule has 0 spiro atoms. The topological polar surface area (TPSA) is 49.4 Å². The summed E-state index contributed by atoms with van der Waals surface area (Å²) in [4.78, 5) is 28.1. The molecule has 4 nitrogen and oxygen atoms in total. The van der Waals surface area contributed by atoms with Gasteiger partial charge in [-0.05, 0) is 35.7 Å². The van der Waals surface area contributed by atoms with Gasteiger partial charge in [-0.3, -0.25) is 9.59 Å². The number of aryl methyl sites for hydroxylation is 1. The van der Waals surface area contributed by atoms with Gasteiger partial charge in [-0.15, -0.1) is 0 Å². The summed E-state index contributed by atoms with van der Waals surface area (Å²) in [7, 11) is 1.61. The fourth-order valence-electron chi connectivity index (χ4n) is 3.61. The smallest absolute Gasteiger partial charge is 0.242 e. The van der Waals surface area contributed by atoms with Crippen molar-refractivity contribution in [2.24, 2.45) is 0 Å². The lowest BCUT2D eigenvalue weighted by Gasteiger charge is -2.31. The van der Waals surface area contributed by atoms with Crippen molar-refractivity contribution in [2.75, 3.05) is 7.05 Å². The maximum absolute atomic E-state index is 13.5. The molecular formula is C26H27BrN2O2. The number of benzene rings is 3. The average molecular weight is 479 g/mol. The van der Waals surface area contributed by atoms with Gasteiger partial charge in [0.15, 0.2) is 0 Å². The number of carbonyl (C=O) groups is 2. The van der Waals surface area contributed by atoms with Crippen molar-refractivity contribution in [1.29, 1.82) is 0 Å². The van der Waals surface area contributed by atoms with Crippen LogP contribution < -0.4 is 5.32 Å². The van der Waals surface area contributed by atoms with Crippen molar-refractivity contribution < 1.29 is 9.59 Å². The Bertz CT molecular complexity index is 1020. The highest BCUT2D eigenvalue weighted by Gasteiger charge is 2.29. The van der Waals surface area contributed by atoms with E-state index in [0.29, 0.717) is 13.0 Å². The Kier molecular flexibility index (Phi) is 8.01. The molecule has 0 aliphatic rings. The molecule has 3 aromatic rings. The molecule has 0 unspecified atom stereocenters. The monoisotopic (exact) mass is 478 g/mol. The summed E-state index contributed by atoms with van der Waals surface area (Å²) < 4.78 is 0.973. The van der Waals surface area contributed by atoms with Gasteiger partial charge in [0.1, 0.15) is 6.04 Å². The largest absolute Gasteiger partial charge is 0.357 e. The molecule has 0 aliphatic heterocycles. The number of nitrogens with one attached hydrogen (secondary N) is 1. The van der Waals surface area contributed by atoms with Gasteiger partial charge in [0.05, 0.1) is 6.42 Å². The first-order chi connectivity index (χ1) is 15.0. The molecule has 0 saturated heterocycles. The van der Waals surface area contributed by atoms with Crippen molar-refractivity contribution in [3.05, 3.63) is 106 Å². The van der Waals surface area contributed by atoms with Crippen LogP contribution in [0.15, 0.2) is 83.3 Å². The summed E-state index contributed by atoms with van der Waals surface area (Å²) in [6, 6.07) is 25.0. The minimum Gasteiger partial charge on any atom is -0.357 e. The number of amides is 2. The number of halogens is 1. The van der Waals surface area contributed by atoms with Crippen molar-refractivity contribution >= 4 is 27.7 Å². The first-order valence-electron chi connectivity index (χ1n) is 10.3. The Balaban J connectivity index is 1.93. The zero-order chi connectivity index (χ0) is 22.2. The lowest BCUT2D eigenvalue weighted by molar-refractivity contribution is -0.140. The molecule has 2 amide bonds. The third-order valence-electron chi connectivity index (χ3n) is 5.22. The summed E-state index contributed by atoms with van der Waals surface area (Å²) in [5.41, 5.74) is 4.04. The van der Waals surface area contributed by atoms with Crippen LogP contribution in [0.5, 0.6) is 0 Å². The van der Waals surface area contributed by atoms with Crippen LogP contribution in [-0.2, 0) is 29.0 Å². The average Bonchev–Trinajstić information content (AvgIpc) is 2.77. The summed E-state index contributed by atoms with van der Waals surface area (Å²) >= 11 is 3.45. The van der Waals surface area contributed by atoms with E-state index < -0.39 is 6.04 Å². The summed E-state index contributed by atoms with van der Waals surface area (Å²) in [6.07, 6.45) is 0.705. The first-order valence-corrected chi connectivity index (χ1v) is 11.1. The summed E-state index contributed by atoms with van der Waals surface area (Å²) in [5.74, 6) is -0.239. The molecule has 0 saturated carbocycles. The minimum absolute atomic E-state index is 0.0713. The zero-order valence-corrected chi connectivity index (χ0v) is 19.4. The standard InChI is InChI=1S/C26H27BrN2O2/c1-19-7-6-10-22(15-19)17-25(30)29(18-21-11-13-23(27)14-12-21)24(26(31)28-2)16-20-8-4-3-5-9-20/h3-15,24H,16-18H2,1-2H3,(H,28,31)/t24-/m0/s1. The van der Waals surface area contributed by atoms with E-state index in [2.05, 4.69) is 21.2 Å². The van der Waals surface area contributed by atoms with E-state index in [4.69, 9.17) is 0 Å². The van der Waals surface area contributed by atoms with Crippen molar-refractivity contribution in [1.82, 2.24) is 10.2 Å². The third kappa shape index (κ3) is 6.53. The fourth-order valence-corrected chi connectivity index (χ4v) is 3.87. The highest BCUT2D eigenvalue weighted by molar-refractivity contribution is 9.10. The molecule has 0 bridgehead atoms. The molecule has 0 aromatic heterocycles.